The van der Waals surface area contributed by atoms with Gasteiger partial charge in [0, 0.05) is 3.57 Å². The van der Waals surface area contributed by atoms with Crippen LogP contribution >= 0.6 is 38.5 Å². The lowest BCUT2D eigenvalue weighted by Crippen LogP contribution is -2.30. The maximum Gasteiger partial charge on any atom is 0.329 e. The van der Waals surface area contributed by atoms with Gasteiger partial charge < -0.3 is 14.8 Å². The number of ether oxygens (including phenoxy) is 2. The van der Waals surface area contributed by atoms with E-state index in [9.17, 15) is 9.59 Å². The fraction of sp³-hybridized carbons (Fsp3) is 0.120. The first-order chi connectivity index (χ1) is 15.9. The SMILES string of the molecule is COc1cc(/C=C2/NC(=O)N(Cc3ccccc3)C2=O)cc(Br)c1OCc1ccc(I)cc1. The molecule has 168 valence electrons. The molecule has 0 unspecified atom stereocenters. The Morgan fingerprint density at radius 3 is 2.45 bits per heavy atom. The molecule has 0 aromatic heterocycles. The lowest BCUT2D eigenvalue weighted by Gasteiger charge is -2.14. The predicted molar refractivity (Wildman–Crippen MR) is 138 cm³/mol. The molecule has 0 aliphatic carbocycles. The fourth-order valence-electron chi connectivity index (χ4n) is 3.35. The standard InChI is InChI=1S/C25H20BrIN2O4/c1-32-22-13-18(11-20(26)23(22)33-15-17-7-9-19(27)10-8-17)12-21-24(30)29(25(31)28-21)14-16-5-3-2-4-6-16/h2-13H,14-15H2,1H3,(H,28,31)/b21-12+. The second kappa shape index (κ2) is 10.4. The smallest absolute Gasteiger partial charge is 0.329 e. The molecule has 0 saturated carbocycles. The molecule has 0 radical (unpaired) electrons. The number of imide groups is 1. The minimum Gasteiger partial charge on any atom is -0.493 e. The van der Waals surface area contributed by atoms with Crippen LogP contribution in [0.2, 0.25) is 0 Å². The van der Waals surface area contributed by atoms with Gasteiger partial charge in [-0.3, -0.25) is 9.69 Å². The number of urea groups is 1. The van der Waals surface area contributed by atoms with E-state index >= 15 is 0 Å². The summed E-state index contributed by atoms with van der Waals surface area (Å²) in [6.45, 7) is 0.594. The minimum atomic E-state index is -0.446. The number of hydrogen-bond acceptors (Lipinski definition) is 4. The van der Waals surface area contributed by atoms with Gasteiger partial charge in [-0.2, -0.15) is 0 Å². The predicted octanol–water partition coefficient (Wildman–Crippen LogP) is 5.73. The van der Waals surface area contributed by atoms with Crippen molar-refractivity contribution >= 4 is 56.5 Å². The molecule has 4 rings (SSSR count). The zero-order valence-corrected chi connectivity index (χ0v) is 21.4. The lowest BCUT2D eigenvalue weighted by molar-refractivity contribution is -0.123. The van der Waals surface area contributed by atoms with Gasteiger partial charge in [-0.05, 0) is 85.6 Å². The average Bonchev–Trinajstić information content (AvgIpc) is 3.07. The molecule has 33 heavy (non-hydrogen) atoms. The number of rotatable bonds is 7. The van der Waals surface area contributed by atoms with E-state index in [0.717, 1.165) is 14.7 Å². The van der Waals surface area contributed by atoms with Crippen LogP contribution in [0.3, 0.4) is 0 Å². The van der Waals surface area contributed by atoms with Crippen LogP contribution in [0.5, 0.6) is 11.5 Å². The van der Waals surface area contributed by atoms with Crippen LogP contribution in [0.25, 0.3) is 6.08 Å². The van der Waals surface area contributed by atoms with Crippen molar-refractivity contribution in [2.45, 2.75) is 13.2 Å². The van der Waals surface area contributed by atoms with E-state index in [0.29, 0.717) is 28.1 Å². The van der Waals surface area contributed by atoms with E-state index in [1.54, 1.807) is 19.3 Å². The van der Waals surface area contributed by atoms with Crippen LogP contribution in [0.1, 0.15) is 16.7 Å². The van der Waals surface area contributed by atoms with Crippen molar-refractivity contribution in [3.8, 4) is 11.5 Å². The van der Waals surface area contributed by atoms with Crippen molar-refractivity contribution in [3.05, 3.63) is 97.2 Å². The Balaban J connectivity index is 1.53. The Labute approximate surface area is 213 Å². The van der Waals surface area contributed by atoms with Crippen molar-refractivity contribution in [1.82, 2.24) is 10.2 Å². The first-order valence-corrected chi connectivity index (χ1v) is 11.9. The highest BCUT2D eigenvalue weighted by molar-refractivity contribution is 14.1. The summed E-state index contributed by atoms with van der Waals surface area (Å²) >= 11 is 5.80. The Bertz CT molecular complexity index is 1210. The summed E-state index contributed by atoms with van der Waals surface area (Å²) in [6.07, 6.45) is 1.63. The number of carbonyl (C=O) groups excluding carboxylic acids is 2. The van der Waals surface area contributed by atoms with Gasteiger partial charge in [-0.15, -0.1) is 0 Å². The van der Waals surface area contributed by atoms with Crippen molar-refractivity contribution in [2.24, 2.45) is 0 Å². The van der Waals surface area contributed by atoms with E-state index in [4.69, 9.17) is 9.47 Å². The van der Waals surface area contributed by atoms with Crippen molar-refractivity contribution < 1.29 is 19.1 Å². The number of carbonyl (C=O) groups is 2. The molecule has 1 heterocycles. The zero-order chi connectivity index (χ0) is 23.4. The maximum atomic E-state index is 12.8. The topological polar surface area (TPSA) is 67.9 Å². The molecular formula is C25H20BrIN2O4. The number of nitrogens with one attached hydrogen (secondary N) is 1. The van der Waals surface area contributed by atoms with E-state index in [1.165, 1.54) is 4.90 Å². The van der Waals surface area contributed by atoms with Gasteiger partial charge in [-0.1, -0.05) is 42.5 Å². The van der Waals surface area contributed by atoms with Crippen LogP contribution in [0.4, 0.5) is 4.79 Å². The van der Waals surface area contributed by atoms with Crippen LogP contribution in [0, 0.1) is 3.57 Å². The monoisotopic (exact) mass is 618 g/mol. The molecule has 8 heteroatoms. The van der Waals surface area contributed by atoms with Gasteiger partial charge in [0.05, 0.1) is 18.1 Å². The highest BCUT2D eigenvalue weighted by Crippen LogP contribution is 2.38. The van der Waals surface area contributed by atoms with Crippen molar-refractivity contribution in [3.63, 3.8) is 0 Å². The van der Waals surface area contributed by atoms with Crippen LogP contribution in [-0.2, 0) is 17.9 Å². The van der Waals surface area contributed by atoms with Gasteiger partial charge >= 0.3 is 6.03 Å². The van der Waals surface area contributed by atoms with Crippen molar-refractivity contribution in [2.75, 3.05) is 7.11 Å². The number of halogens is 2. The van der Waals surface area contributed by atoms with Crippen LogP contribution < -0.4 is 14.8 Å². The van der Waals surface area contributed by atoms with E-state index in [2.05, 4.69) is 43.8 Å². The third-order valence-electron chi connectivity index (χ3n) is 5.01. The second-order valence-electron chi connectivity index (χ2n) is 7.31. The Hall–Kier alpha value is -2.85. The second-order valence-corrected chi connectivity index (χ2v) is 9.41. The molecule has 1 saturated heterocycles. The van der Waals surface area contributed by atoms with E-state index in [1.807, 2.05) is 60.7 Å². The molecule has 0 spiro atoms. The molecule has 6 nitrogen and oxygen atoms in total. The van der Waals surface area contributed by atoms with Gasteiger partial charge in [0.25, 0.3) is 5.91 Å². The molecule has 0 atom stereocenters. The molecule has 1 fully saturated rings. The first-order valence-electron chi connectivity index (χ1n) is 10.1. The summed E-state index contributed by atoms with van der Waals surface area (Å²) in [5.74, 6) is 0.698. The van der Waals surface area contributed by atoms with Gasteiger partial charge in [0.15, 0.2) is 11.5 Å². The van der Waals surface area contributed by atoms with Crippen molar-refractivity contribution in [1.29, 1.82) is 0 Å². The summed E-state index contributed by atoms with van der Waals surface area (Å²) in [5.41, 5.74) is 2.80. The normalized spacial score (nSPS) is 14.5. The molecule has 1 aliphatic heterocycles. The quantitative estimate of drug-likeness (QED) is 0.209. The molecule has 1 N–H and O–H groups in total. The Morgan fingerprint density at radius 2 is 1.76 bits per heavy atom. The number of nitrogens with zero attached hydrogens (tertiary/aromatic N) is 1. The molecule has 0 bridgehead atoms. The number of benzene rings is 3. The lowest BCUT2D eigenvalue weighted by atomic mass is 10.1. The minimum absolute atomic E-state index is 0.206. The van der Waals surface area contributed by atoms with Crippen LogP contribution in [0.15, 0.2) is 76.9 Å². The Morgan fingerprint density at radius 1 is 1.03 bits per heavy atom. The highest BCUT2D eigenvalue weighted by atomic mass is 127. The number of amides is 3. The summed E-state index contributed by atoms with van der Waals surface area (Å²) in [6, 6.07) is 20.6. The molecule has 3 amide bonds. The molecule has 3 aromatic carbocycles. The summed E-state index contributed by atoms with van der Waals surface area (Å²) in [4.78, 5) is 26.4. The van der Waals surface area contributed by atoms with E-state index in [-0.39, 0.29) is 18.1 Å². The first kappa shape index (κ1) is 23.3. The molecule has 3 aromatic rings. The largest absolute Gasteiger partial charge is 0.493 e. The molecule has 1 aliphatic rings. The van der Waals surface area contributed by atoms with E-state index < -0.39 is 6.03 Å². The number of hydrogen-bond donors (Lipinski definition) is 1. The van der Waals surface area contributed by atoms with Gasteiger partial charge in [0.2, 0.25) is 0 Å². The third kappa shape index (κ3) is 5.56. The highest BCUT2D eigenvalue weighted by Gasteiger charge is 2.33. The summed E-state index contributed by atoms with van der Waals surface area (Å²) in [7, 11) is 1.56. The molecular weight excluding hydrogens is 599 g/mol. The summed E-state index contributed by atoms with van der Waals surface area (Å²) in [5, 5.41) is 2.66. The van der Waals surface area contributed by atoms with Crippen LogP contribution in [-0.4, -0.2) is 23.9 Å². The fourth-order valence-corrected chi connectivity index (χ4v) is 4.28. The maximum absolute atomic E-state index is 12.8. The average molecular weight is 619 g/mol. The third-order valence-corrected chi connectivity index (χ3v) is 6.31. The van der Waals surface area contributed by atoms with Gasteiger partial charge in [-0.25, -0.2) is 4.79 Å². The number of methoxy groups -OCH3 is 1. The van der Waals surface area contributed by atoms with Gasteiger partial charge in [0.1, 0.15) is 12.3 Å². The summed E-state index contributed by atoms with van der Waals surface area (Å²) < 4.78 is 13.3. The Kier molecular flexibility index (Phi) is 7.34. The zero-order valence-electron chi connectivity index (χ0n) is 17.7.